The van der Waals surface area contributed by atoms with Gasteiger partial charge in [-0.15, -0.1) is 0 Å². The smallest absolute Gasteiger partial charge is 0.265 e. The summed E-state index contributed by atoms with van der Waals surface area (Å²) in [6.07, 6.45) is 1.41. The van der Waals surface area contributed by atoms with Gasteiger partial charge in [-0.3, -0.25) is 14.4 Å². The van der Waals surface area contributed by atoms with E-state index in [0.717, 1.165) is 16.5 Å². The van der Waals surface area contributed by atoms with Crippen molar-refractivity contribution in [1.29, 1.82) is 0 Å². The molecule has 8 nitrogen and oxygen atoms in total. The van der Waals surface area contributed by atoms with Gasteiger partial charge in [0.1, 0.15) is 17.6 Å². The molecular weight excluding hydrogens is 463 g/mol. The summed E-state index contributed by atoms with van der Waals surface area (Å²) < 4.78 is 18.9. The molecule has 3 aromatic carbocycles. The van der Waals surface area contributed by atoms with Gasteiger partial charge in [-0.25, -0.2) is 4.39 Å². The highest BCUT2D eigenvalue weighted by molar-refractivity contribution is 6.03. The zero-order valence-corrected chi connectivity index (χ0v) is 19.3. The lowest BCUT2D eigenvalue weighted by Crippen LogP contribution is -2.45. The fourth-order valence-electron chi connectivity index (χ4n) is 4.09. The lowest BCUT2D eigenvalue weighted by atomic mass is 10.0. The maximum absolute atomic E-state index is 13.4. The highest BCUT2D eigenvalue weighted by Gasteiger charge is 2.26. The molecule has 0 aliphatic carbocycles. The van der Waals surface area contributed by atoms with E-state index in [1.807, 2.05) is 30.5 Å². The highest BCUT2D eigenvalue weighted by atomic mass is 19.1. The fourth-order valence-corrected chi connectivity index (χ4v) is 4.09. The van der Waals surface area contributed by atoms with Crippen molar-refractivity contribution < 1.29 is 23.5 Å². The number of para-hydroxylation sites is 1. The summed E-state index contributed by atoms with van der Waals surface area (Å²) in [5, 5.41) is 9.27. The van der Waals surface area contributed by atoms with Crippen LogP contribution >= 0.6 is 0 Å². The number of aromatic nitrogens is 1. The first-order chi connectivity index (χ1) is 17.4. The van der Waals surface area contributed by atoms with E-state index in [1.54, 1.807) is 25.1 Å². The molecule has 9 heteroatoms. The van der Waals surface area contributed by atoms with Crippen LogP contribution < -0.4 is 20.7 Å². The minimum Gasteiger partial charge on any atom is -0.479 e. The Morgan fingerprint density at radius 3 is 2.67 bits per heavy atom. The minimum atomic E-state index is -0.941. The van der Waals surface area contributed by atoms with E-state index in [4.69, 9.17) is 4.74 Å². The molecule has 182 valence electrons. The van der Waals surface area contributed by atoms with E-state index >= 15 is 0 Å². The predicted octanol–water partition coefficient (Wildman–Crippen LogP) is 4.01. The Hall–Kier alpha value is -4.66. The van der Waals surface area contributed by atoms with Gasteiger partial charge in [-0.1, -0.05) is 18.2 Å². The zero-order valence-electron chi connectivity index (χ0n) is 19.3. The number of rotatable bonds is 6. The highest BCUT2D eigenvalue weighted by Crippen LogP contribution is 2.32. The third-order valence-corrected chi connectivity index (χ3v) is 6.01. The monoisotopic (exact) mass is 486 g/mol. The number of carbonyl (C=O) groups excluding carboxylic acids is 3. The second-order valence-corrected chi connectivity index (χ2v) is 8.55. The number of fused-ring (bicyclic) bond motifs is 2. The van der Waals surface area contributed by atoms with Gasteiger partial charge in [0.05, 0.1) is 5.69 Å². The van der Waals surface area contributed by atoms with E-state index in [0.29, 0.717) is 17.1 Å². The maximum Gasteiger partial charge on any atom is 0.265 e. The van der Waals surface area contributed by atoms with E-state index in [9.17, 15) is 18.8 Å². The number of aromatic amines is 1. The van der Waals surface area contributed by atoms with Gasteiger partial charge in [-0.05, 0) is 61.0 Å². The SMILES string of the molecule is C[C@@H]1Oc2ccc(NC(=O)[C@H](Cc3c[nH]c4ccccc34)NC(=O)c3ccc(F)cc3)cc2NC1=O. The number of carbonyl (C=O) groups is 3. The van der Waals surface area contributed by atoms with Crippen molar-refractivity contribution in [2.45, 2.75) is 25.5 Å². The molecule has 4 aromatic rings. The molecule has 2 atom stereocenters. The van der Waals surface area contributed by atoms with Crippen LogP contribution in [0.1, 0.15) is 22.8 Å². The molecule has 0 bridgehead atoms. The lowest BCUT2D eigenvalue weighted by Gasteiger charge is -2.24. The lowest BCUT2D eigenvalue weighted by molar-refractivity contribution is -0.122. The molecule has 36 heavy (non-hydrogen) atoms. The van der Waals surface area contributed by atoms with Gasteiger partial charge < -0.3 is 25.7 Å². The molecule has 3 amide bonds. The van der Waals surface area contributed by atoms with Crippen LogP contribution in [0, 0.1) is 5.82 Å². The van der Waals surface area contributed by atoms with E-state index in [1.165, 1.54) is 24.3 Å². The molecule has 1 aromatic heterocycles. The van der Waals surface area contributed by atoms with Crippen molar-refractivity contribution in [3.05, 3.63) is 89.9 Å². The molecule has 4 N–H and O–H groups in total. The van der Waals surface area contributed by atoms with Crippen LogP contribution in [0.3, 0.4) is 0 Å². The molecule has 0 radical (unpaired) electrons. The van der Waals surface area contributed by atoms with Crippen LogP contribution in [-0.2, 0) is 16.0 Å². The summed E-state index contributed by atoms with van der Waals surface area (Å²) >= 11 is 0. The number of ether oxygens (including phenoxy) is 1. The Morgan fingerprint density at radius 1 is 1.08 bits per heavy atom. The maximum atomic E-state index is 13.4. The molecule has 0 fully saturated rings. The van der Waals surface area contributed by atoms with Gasteiger partial charge in [0.25, 0.3) is 11.8 Å². The Balaban J connectivity index is 1.39. The largest absolute Gasteiger partial charge is 0.479 e. The van der Waals surface area contributed by atoms with Gasteiger partial charge in [0, 0.05) is 34.8 Å². The zero-order chi connectivity index (χ0) is 25.2. The third-order valence-electron chi connectivity index (χ3n) is 6.01. The van der Waals surface area contributed by atoms with Crippen molar-refractivity contribution in [3.8, 4) is 5.75 Å². The fraction of sp³-hybridized carbons (Fsp3) is 0.148. The Bertz CT molecular complexity index is 1460. The van der Waals surface area contributed by atoms with Gasteiger partial charge in [0.15, 0.2) is 6.10 Å². The molecule has 0 spiro atoms. The van der Waals surface area contributed by atoms with E-state index in [-0.39, 0.29) is 17.9 Å². The quantitative estimate of drug-likeness (QED) is 0.330. The first kappa shape index (κ1) is 23.1. The molecule has 5 rings (SSSR count). The van der Waals surface area contributed by atoms with Crippen LogP contribution in [0.2, 0.25) is 0 Å². The Kier molecular flexibility index (Phi) is 6.12. The first-order valence-electron chi connectivity index (χ1n) is 11.4. The second-order valence-electron chi connectivity index (χ2n) is 8.55. The normalized spacial score (nSPS) is 15.4. The van der Waals surface area contributed by atoms with Gasteiger partial charge >= 0.3 is 0 Å². The molecule has 0 unspecified atom stereocenters. The van der Waals surface area contributed by atoms with Crippen molar-refractivity contribution in [3.63, 3.8) is 0 Å². The molecule has 0 saturated heterocycles. The van der Waals surface area contributed by atoms with Crippen LogP contribution in [-0.4, -0.2) is 34.9 Å². The molecule has 1 aliphatic heterocycles. The van der Waals surface area contributed by atoms with Crippen LogP contribution in [0.5, 0.6) is 5.75 Å². The van der Waals surface area contributed by atoms with E-state index < -0.39 is 29.8 Å². The van der Waals surface area contributed by atoms with Crippen molar-refractivity contribution in [2.75, 3.05) is 10.6 Å². The number of H-pyrrole nitrogens is 1. The molecule has 2 heterocycles. The Morgan fingerprint density at radius 2 is 1.86 bits per heavy atom. The summed E-state index contributed by atoms with van der Waals surface area (Å²) in [7, 11) is 0. The number of benzene rings is 3. The number of halogens is 1. The molecule has 0 saturated carbocycles. The Labute approximate surface area is 205 Å². The first-order valence-corrected chi connectivity index (χ1v) is 11.4. The van der Waals surface area contributed by atoms with Crippen molar-refractivity contribution in [1.82, 2.24) is 10.3 Å². The number of nitrogens with one attached hydrogen (secondary N) is 4. The standard InChI is InChI=1S/C27H23FN4O4/c1-15-25(33)31-22-13-19(10-11-24(22)36-15)30-27(35)23(32-26(34)16-6-8-18(28)9-7-16)12-17-14-29-21-5-3-2-4-20(17)21/h2-11,13-15,23,29H,12H2,1H3,(H,30,35)(H,31,33)(H,32,34)/t15-,23-/m0/s1. The van der Waals surface area contributed by atoms with Crippen LogP contribution in [0.4, 0.5) is 15.8 Å². The summed E-state index contributed by atoms with van der Waals surface area (Å²) in [6.45, 7) is 1.65. The minimum absolute atomic E-state index is 0.213. The summed E-state index contributed by atoms with van der Waals surface area (Å²) in [5.41, 5.74) is 2.87. The van der Waals surface area contributed by atoms with Crippen molar-refractivity contribution >= 4 is 40.0 Å². The van der Waals surface area contributed by atoms with Gasteiger partial charge in [0.2, 0.25) is 5.91 Å². The summed E-state index contributed by atoms with van der Waals surface area (Å²) in [5.74, 6) is -1.20. The molecule has 1 aliphatic rings. The van der Waals surface area contributed by atoms with E-state index in [2.05, 4.69) is 20.9 Å². The van der Waals surface area contributed by atoms with Crippen LogP contribution in [0.15, 0.2) is 72.9 Å². The predicted molar refractivity (Wildman–Crippen MR) is 133 cm³/mol. The summed E-state index contributed by atoms with van der Waals surface area (Å²) in [4.78, 5) is 41.4. The molecular formula is C27H23FN4O4. The summed E-state index contributed by atoms with van der Waals surface area (Å²) in [6, 6.07) is 16.7. The second kappa shape index (κ2) is 9.53. The number of hydrogen-bond acceptors (Lipinski definition) is 4. The third kappa shape index (κ3) is 4.76. The number of anilines is 2. The number of hydrogen-bond donors (Lipinski definition) is 4. The number of amides is 3. The van der Waals surface area contributed by atoms with Crippen molar-refractivity contribution in [2.24, 2.45) is 0 Å². The average molecular weight is 487 g/mol. The average Bonchev–Trinajstić information content (AvgIpc) is 3.27. The topological polar surface area (TPSA) is 112 Å². The van der Waals surface area contributed by atoms with Gasteiger partial charge in [-0.2, -0.15) is 0 Å². The van der Waals surface area contributed by atoms with Crippen LogP contribution in [0.25, 0.3) is 10.9 Å².